The molecule has 0 fully saturated rings. The number of rotatable bonds is 5. The van der Waals surface area contributed by atoms with Crippen LogP contribution in [0.15, 0.2) is 42.5 Å². The number of carbonyl (C=O) groups is 2. The van der Waals surface area contributed by atoms with E-state index >= 15 is 0 Å². The number of esters is 1. The molecule has 1 aliphatic heterocycles. The van der Waals surface area contributed by atoms with Crippen molar-refractivity contribution in [2.75, 3.05) is 24.9 Å². The molecule has 0 spiro atoms. The molecule has 0 bridgehead atoms. The summed E-state index contributed by atoms with van der Waals surface area (Å²) in [6.45, 7) is 0. The van der Waals surface area contributed by atoms with Gasteiger partial charge in [-0.2, -0.15) is 0 Å². The van der Waals surface area contributed by atoms with E-state index in [4.69, 9.17) is 14.2 Å². The first kappa shape index (κ1) is 16.6. The van der Waals surface area contributed by atoms with E-state index in [0.29, 0.717) is 28.6 Å². The van der Waals surface area contributed by atoms with Crippen LogP contribution in [0.25, 0.3) is 0 Å². The monoisotopic (exact) mass is 342 g/mol. The van der Waals surface area contributed by atoms with E-state index in [-0.39, 0.29) is 12.3 Å². The molecule has 7 nitrogen and oxygen atoms in total. The average molecular weight is 342 g/mol. The highest BCUT2D eigenvalue weighted by Crippen LogP contribution is 2.31. The first-order valence-electron chi connectivity index (χ1n) is 7.70. The second-order valence-corrected chi connectivity index (χ2v) is 5.43. The molecule has 0 aromatic heterocycles. The van der Waals surface area contributed by atoms with Gasteiger partial charge in [0.1, 0.15) is 17.5 Å². The Kier molecular flexibility index (Phi) is 4.74. The molecule has 0 aliphatic carbocycles. The van der Waals surface area contributed by atoms with Gasteiger partial charge in [0, 0.05) is 6.07 Å². The van der Waals surface area contributed by atoms with Crippen molar-refractivity contribution in [1.29, 1.82) is 0 Å². The van der Waals surface area contributed by atoms with Gasteiger partial charge in [-0.05, 0) is 24.3 Å². The van der Waals surface area contributed by atoms with Crippen molar-refractivity contribution in [3.8, 4) is 17.2 Å². The molecule has 130 valence electrons. The van der Waals surface area contributed by atoms with Crippen molar-refractivity contribution < 1.29 is 23.8 Å². The molecule has 7 heteroatoms. The molecule has 1 aliphatic rings. The number of anilines is 2. The number of benzene rings is 2. The molecular weight excluding hydrogens is 324 g/mol. The molecule has 1 heterocycles. The van der Waals surface area contributed by atoms with E-state index in [1.165, 1.54) is 14.2 Å². The summed E-state index contributed by atoms with van der Waals surface area (Å²) in [4.78, 5) is 24.4. The lowest BCUT2D eigenvalue weighted by atomic mass is 10.1. The summed E-state index contributed by atoms with van der Waals surface area (Å²) in [5.74, 6) is 0.698. The van der Waals surface area contributed by atoms with Crippen LogP contribution in [0.1, 0.15) is 6.42 Å². The minimum absolute atomic E-state index is 0.0759. The zero-order valence-electron chi connectivity index (χ0n) is 13.9. The molecule has 2 aromatic carbocycles. The van der Waals surface area contributed by atoms with Crippen molar-refractivity contribution in [3.05, 3.63) is 42.5 Å². The lowest BCUT2D eigenvalue weighted by Gasteiger charge is -2.25. The molecule has 0 radical (unpaired) electrons. The van der Waals surface area contributed by atoms with E-state index in [1.54, 1.807) is 36.4 Å². The van der Waals surface area contributed by atoms with Gasteiger partial charge in [-0.15, -0.1) is 0 Å². The predicted molar refractivity (Wildman–Crippen MR) is 92.3 cm³/mol. The summed E-state index contributed by atoms with van der Waals surface area (Å²) >= 11 is 0. The smallest absolute Gasteiger partial charge is 0.334 e. The molecule has 1 amide bonds. The molecule has 0 saturated carbocycles. The molecular formula is C18H18N2O5. The zero-order valence-corrected chi connectivity index (χ0v) is 13.9. The van der Waals surface area contributed by atoms with E-state index in [0.717, 1.165) is 0 Å². The van der Waals surface area contributed by atoms with Crippen molar-refractivity contribution in [1.82, 2.24) is 0 Å². The summed E-state index contributed by atoms with van der Waals surface area (Å²) in [7, 11) is 3.04. The Morgan fingerprint density at radius 2 is 2.00 bits per heavy atom. The quantitative estimate of drug-likeness (QED) is 0.641. The van der Waals surface area contributed by atoms with E-state index < -0.39 is 12.0 Å². The summed E-state index contributed by atoms with van der Waals surface area (Å²) in [6, 6.07) is 11.4. The average Bonchev–Trinajstić information content (AvgIpc) is 2.62. The number of nitrogens with one attached hydrogen (secondary N) is 2. The number of fused-ring (bicyclic) bond motifs is 1. The van der Waals surface area contributed by atoms with Crippen molar-refractivity contribution in [2.45, 2.75) is 12.5 Å². The van der Waals surface area contributed by atoms with Crippen LogP contribution < -0.4 is 24.8 Å². The first-order valence-corrected chi connectivity index (χ1v) is 7.70. The first-order chi connectivity index (χ1) is 12.1. The Morgan fingerprint density at radius 3 is 2.76 bits per heavy atom. The second-order valence-electron chi connectivity index (χ2n) is 5.43. The van der Waals surface area contributed by atoms with Gasteiger partial charge in [0.15, 0.2) is 5.75 Å². The van der Waals surface area contributed by atoms with Crippen LogP contribution >= 0.6 is 0 Å². The van der Waals surface area contributed by atoms with Crippen LogP contribution in [0, 0.1) is 0 Å². The number of hydrogen-bond donors (Lipinski definition) is 2. The highest BCUT2D eigenvalue weighted by molar-refractivity contribution is 5.98. The molecule has 1 atom stereocenters. The lowest BCUT2D eigenvalue weighted by Crippen LogP contribution is -2.39. The second kappa shape index (κ2) is 7.12. The van der Waals surface area contributed by atoms with Gasteiger partial charge in [-0.3, -0.25) is 4.79 Å². The third-order valence-electron chi connectivity index (χ3n) is 3.78. The van der Waals surface area contributed by atoms with Crippen LogP contribution in [0.2, 0.25) is 0 Å². The number of hydrogen-bond acceptors (Lipinski definition) is 6. The maximum absolute atomic E-state index is 12.4. The molecule has 25 heavy (non-hydrogen) atoms. The summed E-state index contributed by atoms with van der Waals surface area (Å²) < 4.78 is 15.6. The number of carbonyl (C=O) groups excluding carboxylic acids is 2. The molecule has 0 saturated heterocycles. The highest BCUT2D eigenvalue weighted by atomic mass is 16.5. The minimum atomic E-state index is -0.758. The fourth-order valence-corrected chi connectivity index (χ4v) is 2.53. The van der Waals surface area contributed by atoms with Crippen molar-refractivity contribution in [3.63, 3.8) is 0 Å². The maximum atomic E-state index is 12.4. The highest BCUT2D eigenvalue weighted by Gasteiger charge is 2.29. The maximum Gasteiger partial charge on any atom is 0.334 e. The minimum Gasteiger partial charge on any atom is -0.497 e. The van der Waals surface area contributed by atoms with Crippen LogP contribution in [0.4, 0.5) is 11.4 Å². The molecule has 2 aromatic rings. The van der Waals surface area contributed by atoms with Gasteiger partial charge < -0.3 is 24.8 Å². The van der Waals surface area contributed by atoms with E-state index in [2.05, 4.69) is 10.6 Å². The number of para-hydroxylation sites is 2. The Labute approximate surface area is 144 Å². The van der Waals surface area contributed by atoms with Gasteiger partial charge in [0.2, 0.25) is 5.91 Å². The van der Waals surface area contributed by atoms with Crippen LogP contribution in [0.5, 0.6) is 17.2 Å². The van der Waals surface area contributed by atoms with Gasteiger partial charge >= 0.3 is 5.97 Å². The Morgan fingerprint density at radius 1 is 1.20 bits per heavy atom. The number of ether oxygens (including phenoxy) is 3. The topological polar surface area (TPSA) is 85.9 Å². The molecule has 0 unspecified atom stereocenters. The van der Waals surface area contributed by atoms with Gasteiger partial charge in [-0.25, -0.2) is 4.79 Å². The van der Waals surface area contributed by atoms with Crippen LogP contribution in [0.3, 0.4) is 0 Å². The van der Waals surface area contributed by atoms with Crippen molar-refractivity contribution in [2.24, 2.45) is 0 Å². The molecule has 3 rings (SSSR count). The van der Waals surface area contributed by atoms with Crippen LogP contribution in [-0.4, -0.2) is 32.1 Å². The zero-order chi connectivity index (χ0) is 17.8. The van der Waals surface area contributed by atoms with Gasteiger partial charge in [0.05, 0.1) is 32.0 Å². The fourth-order valence-electron chi connectivity index (χ4n) is 2.53. The number of methoxy groups -OCH3 is 2. The van der Waals surface area contributed by atoms with Crippen molar-refractivity contribution >= 4 is 23.3 Å². The Balaban J connectivity index is 1.70. The SMILES string of the molecule is COc1ccc(OC)c(NC(=O)C[C@H]2Nc3ccccc3OC2=O)c1. The standard InChI is InChI=1S/C18H18N2O5/c1-23-11-7-8-15(24-2)13(9-11)20-17(21)10-14-18(22)25-16-6-4-3-5-12(16)19-14/h3-9,14,19H,10H2,1-2H3,(H,20,21)/t14-/m1/s1. The summed E-state index contributed by atoms with van der Waals surface area (Å²) in [5.41, 5.74) is 1.15. The third-order valence-corrected chi connectivity index (χ3v) is 3.78. The van der Waals surface area contributed by atoms with E-state index in [9.17, 15) is 9.59 Å². The van der Waals surface area contributed by atoms with Gasteiger partial charge in [-0.1, -0.05) is 12.1 Å². The Bertz CT molecular complexity index is 806. The lowest BCUT2D eigenvalue weighted by molar-refractivity contribution is -0.137. The van der Waals surface area contributed by atoms with E-state index in [1.807, 2.05) is 6.07 Å². The fraction of sp³-hybridized carbons (Fsp3) is 0.222. The van der Waals surface area contributed by atoms with Gasteiger partial charge in [0.25, 0.3) is 0 Å². The Hall–Kier alpha value is -3.22. The third kappa shape index (κ3) is 3.65. The predicted octanol–water partition coefficient (Wildman–Crippen LogP) is 2.43. The summed E-state index contributed by atoms with van der Waals surface area (Å²) in [5, 5.41) is 5.76. The largest absolute Gasteiger partial charge is 0.497 e. The molecule has 2 N–H and O–H groups in total. The number of amides is 1. The summed E-state index contributed by atoms with van der Waals surface area (Å²) in [6.07, 6.45) is -0.0759. The van der Waals surface area contributed by atoms with Crippen LogP contribution in [-0.2, 0) is 9.59 Å². The normalized spacial score (nSPS) is 15.4.